The van der Waals surface area contributed by atoms with E-state index >= 15 is 0 Å². The number of carbonyl (C=O) groups is 1. The molecular weight excluding hydrogens is 312 g/mol. The highest BCUT2D eigenvalue weighted by Gasteiger charge is 2.31. The summed E-state index contributed by atoms with van der Waals surface area (Å²) < 4.78 is 24.7. The summed E-state index contributed by atoms with van der Waals surface area (Å²) in [5, 5.41) is 2.96. The lowest BCUT2D eigenvalue weighted by atomic mass is 10.1. The summed E-state index contributed by atoms with van der Waals surface area (Å²) in [5.74, 6) is 0.510. The summed E-state index contributed by atoms with van der Waals surface area (Å²) in [6.07, 6.45) is 6.88. The summed E-state index contributed by atoms with van der Waals surface area (Å²) >= 11 is 0. The van der Waals surface area contributed by atoms with Gasteiger partial charge in [-0.2, -0.15) is 0 Å². The van der Waals surface area contributed by atoms with E-state index in [0.717, 1.165) is 25.2 Å². The van der Waals surface area contributed by atoms with E-state index in [0.29, 0.717) is 5.69 Å². The third-order valence-electron chi connectivity index (χ3n) is 4.04. The molecule has 21 heavy (non-hydrogen) atoms. The SMILES string of the molecule is CC(CC1CC1)NC(=O)c1cc(S(=O)(=O)Cl)cn1C1CC1. The lowest BCUT2D eigenvalue weighted by Crippen LogP contribution is -2.34. The van der Waals surface area contributed by atoms with Crippen LogP contribution >= 0.6 is 10.7 Å². The van der Waals surface area contributed by atoms with E-state index in [-0.39, 0.29) is 22.9 Å². The van der Waals surface area contributed by atoms with Crippen LogP contribution in [0, 0.1) is 5.92 Å². The Morgan fingerprint density at radius 2 is 2.10 bits per heavy atom. The maximum atomic E-state index is 12.4. The topological polar surface area (TPSA) is 68.2 Å². The minimum Gasteiger partial charge on any atom is -0.348 e. The molecule has 1 atom stereocenters. The summed E-state index contributed by atoms with van der Waals surface area (Å²) in [5.41, 5.74) is 0.388. The molecule has 1 N–H and O–H groups in total. The third kappa shape index (κ3) is 3.61. The monoisotopic (exact) mass is 330 g/mol. The molecule has 1 unspecified atom stereocenters. The number of hydrogen-bond acceptors (Lipinski definition) is 3. The van der Waals surface area contributed by atoms with Crippen molar-refractivity contribution in [3.63, 3.8) is 0 Å². The highest BCUT2D eigenvalue weighted by atomic mass is 35.7. The van der Waals surface area contributed by atoms with Crippen LogP contribution in [0.3, 0.4) is 0 Å². The second-order valence-corrected chi connectivity index (χ2v) is 8.76. The molecule has 2 fully saturated rings. The van der Waals surface area contributed by atoms with Crippen LogP contribution in [0.1, 0.15) is 55.6 Å². The summed E-state index contributed by atoms with van der Waals surface area (Å²) in [6.45, 7) is 1.99. The zero-order valence-electron chi connectivity index (χ0n) is 11.9. The first kappa shape index (κ1) is 14.9. The van der Waals surface area contributed by atoms with Crippen molar-refractivity contribution in [2.45, 2.75) is 56.0 Å². The van der Waals surface area contributed by atoms with Gasteiger partial charge in [0.05, 0.1) is 0 Å². The molecule has 0 bridgehead atoms. The number of carbonyl (C=O) groups excluding carboxylic acids is 1. The van der Waals surface area contributed by atoms with Gasteiger partial charge in [-0.3, -0.25) is 4.79 Å². The van der Waals surface area contributed by atoms with Crippen molar-refractivity contribution in [1.82, 2.24) is 9.88 Å². The molecule has 1 aromatic heterocycles. The van der Waals surface area contributed by atoms with Crippen molar-refractivity contribution in [2.75, 3.05) is 0 Å². The number of nitrogens with one attached hydrogen (secondary N) is 1. The smallest absolute Gasteiger partial charge is 0.268 e. The molecule has 2 saturated carbocycles. The first-order valence-corrected chi connectivity index (χ1v) is 9.63. The van der Waals surface area contributed by atoms with Crippen LogP contribution in [0.2, 0.25) is 0 Å². The number of halogens is 1. The van der Waals surface area contributed by atoms with E-state index in [1.165, 1.54) is 25.1 Å². The van der Waals surface area contributed by atoms with Crippen molar-refractivity contribution in [2.24, 2.45) is 5.92 Å². The molecule has 3 rings (SSSR count). The Hall–Kier alpha value is -1.01. The summed E-state index contributed by atoms with van der Waals surface area (Å²) in [7, 11) is 1.57. The van der Waals surface area contributed by atoms with E-state index < -0.39 is 9.05 Å². The molecule has 0 aromatic carbocycles. The summed E-state index contributed by atoms with van der Waals surface area (Å²) in [4.78, 5) is 12.4. The zero-order valence-corrected chi connectivity index (χ0v) is 13.5. The molecule has 7 heteroatoms. The van der Waals surface area contributed by atoms with E-state index in [1.54, 1.807) is 4.57 Å². The fourth-order valence-electron chi connectivity index (χ4n) is 2.63. The Morgan fingerprint density at radius 3 is 2.62 bits per heavy atom. The van der Waals surface area contributed by atoms with Crippen molar-refractivity contribution < 1.29 is 13.2 Å². The van der Waals surface area contributed by atoms with Crippen LogP contribution in [0.15, 0.2) is 17.2 Å². The molecule has 2 aliphatic carbocycles. The molecular formula is C14H19ClN2O3S. The lowest BCUT2D eigenvalue weighted by molar-refractivity contribution is 0.0928. The minimum atomic E-state index is -3.81. The van der Waals surface area contributed by atoms with Gasteiger partial charge in [-0.1, -0.05) is 12.8 Å². The first-order valence-electron chi connectivity index (χ1n) is 7.32. The van der Waals surface area contributed by atoms with E-state index in [2.05, 4.69) is 5.32 Å². The molecule has 1 aromatic rings. The maximum absolute atomic E-state index is 12.4. The first-order chi connectivity index (χ1) is 9.84. The fourth-order valence-corrected chi connectivity index (χ4v) is 3.38. The number of rotatable bonds is 6. The van der Waals surface area contributed by atoms with Crippen LogP contribution in [0.25, 0.3) is 0 Å². The Bertz CT molecular complexity index is 660. The Morgan fingerprint density at radius 1 is 1.43 bits per heavy atom. The van der Waals surface area contributed by atoms with E-state index in [9.17, 15) is 13.2 Å². The molecule has 0 spiro atoms. The molecule has 0 saturated heterocycles. The number of hydrogen-bond donors (Lipinski definition) is 1. The Balaban J connectivity index is 1.78. The van der Waals surface area contributed by atoms with Crippen molar-refractivity contribution >= 4 is 25.6 Å². The van der Waals surface area contributed by atoms with Gasteiger partial charge in [-0.05, 0) is 38.2 Å². The third-order valence-corrected chi connectivity index (χ3v) is 5.36. The number of amides is 1. The standard InChI is InChI=1S/C14H19ClN2O3S/c1-9(6-10-2-3-10)16-14(18)13-7-12(21(15,19)20)8-17(13)11-4-5-11/h7-11H,2-6H2,1H3,(H,16,18). The normalized spacial score (nSPS) is 20.3. The maximum Gasteiger partial charge on any atom is 0.268 e. The molecule has 5 nitrogen and oxygen atoms in total. The van der Waals surface area contributed by atoms with Gasteiger partial charge in [0.1, 0.15) is 10.6 Å². The van der Waals surface area contributed by atoms with Crippen LogP contribution in [0.5, 0.6) is 0 Å². The molecule has 1 amide bonds. The molecule has 116 valence electrons. The Kier molecular flexibility index (Phi) is 3.78. The Labute approximate surface area is 129 Å². The lowest BCUT2D eigenvalue weighted by Gasteiger charge is -2.14. The van der Waals surface area contributed by atoms with E-state index in [4.69, 9.17) is 10.7 Å². The minimum absolute atomic E-state index is 0.00365. The number of nitrogens with zero attached hydrogens (tertiary/aromatic N) is 1. The van der Waals surface area contributed by atoms with Gasteiger partial charge in [0.2, 0.25) is 0 Å². The quantitative estimate of drug-likeness (QED) is 0.815. The average molecular weight is 331 g/mol. The fraction of sp³-hybridized carbons (Fsp3) is 0.643. The molecule has 1 heterocycles. The number of aromatic nitrogens is 1. The van der Waals surface area contributed by atoms with Crippen LogP contribution in [0.4, 0.5) is 0 Å². The second-order valence-electron chi connectivity index (χ2n) is 6.19. The highest BCUT2D eigenvalue weighted by Crippen LogP contribution is 2.38. The largest absolute Gasteiger partial charge is 0.348 e. The van der Waals surface area contributed by atoms with Gasteiger partial charge in [0.15, 0.2) is 0 Å². The van der Waals surface area contributed by atoms with Crippen molar-refractivity contribution in [1.29, 1.82) is 0 Å². The molecule has 0 radical (unpaired) electrons. The average Bonchev–Trinajstić information content (AvgIpc) is 3.28. The van der Waals surface area contributed by atoms with Gasteiger partial charge in [0.25, 0.3) is 15.0 Å². The van der Waals surface area contributed by atoms with Crippen molar-refractivity contribution in [3.05, 3.63) is 18.0 Å². The van der Waals surface area contributed by atoms with Gasteiger partial charge in [0, 0.05) is 29.0 Å². The van der Waals surface area contributed by atoms with Gasteiger partial charge in [-0.15, -0.1) is 0 Å². The highest BCUT2D eigenvalue weighted by molar-refractivity contribution is 8.13. The van der Waals surface area contributed by atoms with Crippen molar-refractivity contribution in [3.8, 4) is 0 Å². The zero-order chi connectivity index (χ0) is 15.2. The molecule has 0 aliphatic heterocycles. The predicted molar refractivity (Wildman–Crippen MR) is 80.0 cm³/mol. The van der Waals surface area contributed by atoms with E-state index in [1.807, 2.05) is 6.92 Å². The van der Waals surface area contributed by atoms with Gasteiger partial charge >= 0.3 is 0 Å². The van der Waals surface area contributed by atoms with Crippen LogP contribution in [-0.2, 0) is 9.05 Å². The van der Waals surface area contributed by atoms with Gasteiger partial charge < -0.3 is 9.88 Å². The predicted octanol–water partition coefficient (Wildman–Crippen LogP) is 2.67. The van der Waals surface area contributed by atoms with Crippen LogP contribution in [-0.4, -0.2) is 24.9 Å². The molecule has 2 aliphatic rings. The second kappa shape index (κ2) is 5.32. The van der Waals surface area contributed by atoms with Gasteiger partial charge in [-0.25, -0.2) is 8.42 Å². The van der Waals surface area contributed by atoms with Crippen LogP contribution < -0.4 is 5.32 Å². The summed E-state index contributed by atoms with van der Waals surface area (Å²) in [6, 6.07) is 1.69.